The third-order valence-corrected chi connectivity index (χ3v) is 3.64. The maximum atomic E-state index is 12.9. The van der Waals surface area contributed by atoms with Crippen molar-refractivity contribution in [1.29, 1.82) is 0 Å². The molecule has 2 nitrogen and oxygen atoms in total. The number of likely N-dealkylation sites (tertiary alicyclic amines) is 1. The van der Waals surface area contributed by atoms with Gasteiger partial charge in [-0.25, -0.2) is 0 Å². The number of amides is 1. The van der Waals surface area contributed by atoms with E-state index in [4.69, 9.17) is 11.6 Å². The quantitative estimate of drug-likeness (QED) is 0.763. The van der Waals surface area contributed by atoms with E-state index < -0.39 is 17.6 Å². The second-order valence-electron chi connectivity index (χ2n) is 4.49. The Hall–Kier alpha value is -1.23. The standard InChI is InChI=1S/C13H13ClF3NO/c14-8-9-4-3-7-18(9)12(19)10-5-1-2-6-11(10)13(15,16)17/h1-2,5-6,9H,3-4,7-8H2. The maximum Gasteiger partial charge on any atom is 0.417 e. The molecule has 0 aliphatic carbocycles. The Labute approximate surface area is 114 Å². The second-order valence-corrected chi connectivity index (χ2v) is 4.80. The molecule has 1 saturated heterocycles. The zero-order valence-corrected chi connectivity index (χ0v) is 10.8. The van der Waals surface area contributed by atoms with Crippen molar-refractivity contribution in [3.8, 4) is 0 Å². The molecule has 1 aliphatic heterocycles. The van der Waals surface area contributed by atoms with E-state index in [2.05, 4.69) is 0 Å². The Kier molecular flexibility index (Phi) is 4.04. The van der Waals surface area contributed by atoms with Gasteiger partial charge >= 0.3 is 6.18 Å². The summed E-state index contributed by atoms with van der Waals surface area (Å²) >= 11 is 5.75. The van der Waals surface area contributed by atoms with Crippen molar-refractivity contribution in [2.75, 3.05) is 12.4 Å². The lowest BCUT2D eigenvalue weighted by Crippen LogP contribution is -2.37. The van der Waals surface area contributed by atoms with Gasteiger partial charge in [-0.3, -0.25) is 4.79 Å². The lowest BCUT2D eigenvalue weighted by Gasteiger charge is -2.24. The summed E-state index contributed by atoms with van der Waals surface area (Å²) in [7, 11) is 0. The number of halogens is 4. The van der Waals surface area contributed by atoms with Gasteiger partial charge in [-0.15, -0.1) is 11.6 Å². The Morgan fingerprint density at radius 1 is 1.37 bits per heavy atom. The number of hydrogen-bond donors (Lipinski definition) is 0. The van der Waals surface area contributed by atoms with E-state index in [9.17, 15) is 18.0 Å². The van der Waals surface area contributed by atoms with Crippen LogP contribution in [0.25, 0.3) is 0 Å². The highest BCUT2D eigenvalue weighted by Crippen LogP contribution is 2.33. The average Bonchev–Trinajstić information content (AvgIpc) is 2.85. The zero-order valence-electron chi connectivity index (χ0n) is 10.1. The van der Waals surface area contributed by atoms with Gasteiger partial charge in [0.1, 0.15) is 0 Å². The highest BCUT2D eigenvalue weighted by Gasteiger charge is 2.37. The minimum Gasteiger partial charge on any atom is -0.334 e. The van der Waals surface area contributed by atoms with E-state index in [0.717, 1.165) is 18.9 Å². The molecule has 0 N–H and O–H groups in total. The van der Waals surface area contributed by atoms with Crippen LogP contribution in [0.2, 0.25) is 0 Å². The van der Waals surface area contributed by atoms with Crippen LogP contribution in [0.4, 0.5) is 13.2 Å². The first-order valence-electron chi connectivity index (χ1n) is 5.98. The molecule has 104 valence electrons. The van der Waals surface area contributed by atoms with Crippen LogP contribution in [0.3, 0.4) is 0 Å². The molecule has 0 saturated carbocycles. The van der Waals surface area contributed by atoms with Crippen LogP contribution < -0.4 is 0 Å². The Balaban J connectivity index is 2.34. The molecule has 1 fully saturated rings. The van der Waals surface area contributed by atoms with Gasteiger partial charge in [-0.1, -0.05) is 12.1 Å². The van der Waals surface area contributed by atoms with Crippen molar-refractivity contribution < 1.29 is 18.0 Å². The summed E-state index contributed by atoms with van der Waals surface area (Å²) < 4.78 is 38.6. The highest BCUT2D eigenvalue weighted by molar-refractivity contribution is 6.18. The molecule has 1 aromatic rings. The first-order chi connectivity index (χ1) is 8.95. The predicted molar refractivity (Wildman–Crippen MR) is 66.2 cm³/mol. The number of hydrogen-bond acceptors (Lipinski definition) is 1. The van der Waals surface area contributed by atoms with Gasteiger partial charge < -0.3 is 4.90 Å². The SMILES string of the molecule is O=C(c1ccccc1C(F)(F)F)N1CCCC1CCl. The summed E-state index contributed by atoms with van der Waals surface area (Å²) in [6.07, 6.45) is -3.01. The van der Waals surface area contributed by atoms with Gasteiger partial charge in [-0.2, -0.15) is 13.2 Å². The summed E-state index contributed by atoms with van der Waals surface area (Å²) in [5.41, 5.74) is -1.19. The molecule has 2 rings (SSSR count). The molecule has 1 atom stereocenters. The predicted octanol–water partition coefficient (Wildman–Crippen LogP) is 3.55. The van der Waals surface area contributed by atoms with Gasteiger partial charge in [0.2, 0.25) is 0 Å². The fourth-order valence-electron chi connectivity index (χ4n) is 2.34. The monoisotopic (exact) mass is 291 g/mol. The van der Waals surface area contributed by atoms with Crippen molar-refractivity contribution in [3.05, 3.63) is 35.4 Å². The number of benzene rings is 1. The molecule has 1 unspecified atom stereocenters. The van der Waals surface area contributed by atoms with Gasteiger partial charge in [-0.05, 0) is 25.0 Å². The number of rotatable bonds is 2. The number of alkyl halides is 4. The summed E-state index contributed by atoms with van der Waals surface area (Å²) in [5.74, 6) is -0.337. The molecule has 0 aromatic heterocycles. The highest BCUT2D eigenvalue weighted by atomic mass is 35.5. The minimum atomic E-state index is -4.53. The largest absolute Gasteiger partial charge is 0.417 e. The van der Waals surface area contributed by atoms with E-state index in [-0.39, 0.29) is 17.5 Å². The van der Waals surface area contributed by atoms with Gasteiger partial charge in [0, 0.05) is 18.5 Å². The number of carbonyl (C=O) groups is 1. The normalized spacial score (nSPS) is 19.8. The summed E-state index contributed by atoms with van der Waals surface area (Å²) in [6, 6.07) is 4.69. The van der Waals surface area contributed by atoms with Crippen LogP contribution in [-0.4, -0.2) is 29.3 Å². The Bertz CT molecular complexity index is 475. The molecule has 1 aromatic carbocycles. The molecule has 1 amide bonds. The van der Waals surface area contributed by atoms with Crippen molar-refractivity contribution in [1.82, 2.24) is 4.90 Å². The number of nitrogens with zero attached hydrogens (tertiary/aromatic N) is 1. The van der Waals surface area contributed by atoms with E-state index in [1.54, 1.807) is 0 Å². The first kappa shape index (κ1) is 14.2. The van der Waals surface area contributed by atoms with Crippen molar-refractivity contribution >= 4 is 17.5 Å². The Morgan fingerprint density at radius 3 is 2.68 bits per heavy atom. The molecule has 0 radical (unpaired) electrons. The molecule has 1 heterocycles. The van der Waals surface area contributed by atoms with Crippen molar-refractivity contribution in [3.63, 3.8) is 0 Å². The van der Waals surface area contributed by atoms with Gasteiger partial charge in [0.05, 0.1) is 11.1 Å². The second kappa shape index (κ2) is 5.41. The molecule has 0 spiro atoms. The molecule has 6 heteroatoms. The van der Waals surface area contributed by atoms with Gasteiger partial charge in [0.25, 0.3) is 5.91 Å². The van der Waals surface area contributed by atoms with Crippen LogP contribution in [0.15, 0.2) is 24.3 Å². The summed E-state index contributed by atoms with van der Waals surface area (Å²) in [4.78, 5) is 13.7. The molecule has 1 aliphatic rings. The maximum absolute atomic E-state index is 12.9. The van der Waals surface area contributed by atoms with Gasteiger partial charge in [0.15, 0.2) is 0 Å². The third-order valence-electron chi connectivity index (χ3n) is 3.28. The van der Waals surface area contributed by atoms with Crippen LogP contribution >= 0.6 is 11.6 Å². The Morgan fingerprint density at radius 2 is 2.05 bits per heavy atom. The zero-order chi connectivity index (χ0) is 14.0. The molecule has 19 heavy (non-hydrogen) atoms. The van der Waals surface area contributed by atoms with E-state index >= 15 is 0 Å². The topological polar surface area (TPSA) is 20.3 Å². The van der Waals surface area contributed by atoms with Crippen molar-refractivity contribution in [2.45, 2.75) is 25.1 Å². The van der Waals surface area contributed by atoms with E-state index in [0.29, 0.717) is 6.54 Å². The lowest BCUT2D eigenvalue weighted by molar-refractivity contribution is -0.138. The van der Waals surface area contributed by atoms with Crippen molar-refractivity contribution in [2.24, 2.45) is 0 Å². The fourth-order valence-corrected chi connectivity index (χ4v) is 2.66. The van der Waals surface area contributed by atoms with Crippen LogP contribution in [0, 0.1) is 0 Å². The average molecular weight is 292 g/mol. The third kappa shape index (κ3) is 2.86. The van der Waals surface area contributed by atoms with Crippen LogP contribution in [-0.2, 0) is 6.18 Å². The van der Waals surface area contributed by atoms with Crippen LogP contribution in [0.5, 0.6) is 0 Å². The van der Waals surface area contributed by atoms with E-state index in [1.165, 1.54) is 23.1 Å². The lowest BCUT2D eigenvalue weighted by atomic mass is 10.1. The minimum absolute atomic E-state index is 0.171. The summed E-state index contributed by atoms with van der Waals surface area (Å²) in [5, 5.41) is 0. The summed E-state index contributed by atoms with van der Waals surface area (Å²) in [6.45, 7) is 0.461. The molecular weight excluding hydrogens is 279 g/mol. The first-order valence-corrected chi connectivity index (χ1v) is 6.51. The number of carbonyl (C=O) groups excluding carboxylic acids is 1. The fraction of sp³-hybridized carbons (Fsp3) is 0.462. The van der Waals surface area contributed by atoms with Crippen LogP contribution in [0.1, 0.15) is 28.8 Å². The molecular formula is C13H13ClF3NO. The molecule has 0 bridgehead atoms. The smallest absolute Gasteiger partial charge is 0.334 e. The van der Waals surface area contributed by atoms with E-state index in [1.807, 2.05) is 0 Å².